The zero-order valence-corrected chi connectivity index (χ0v) is 11.9. The maximum Gasteiger partial charge on any atom is 0.303 e. The second kappa shape index (κ2) is 6.52. The second-order valence-corrected chi connectivity index (χ2v) is 7.53. The summed E-state index contributed by atoms with van der Waals surface area (Å²) in [5, 5.41) is 8.61. The molecule has 0 saturated carbocycles. The summed E-state index contributed by atoms with van der Waals surface area (Å²) >= 11 is 0. The van der Waals surface area contributed by atoms with E-state index in [4.69, 9.17) is 5.11 Å². The summed E-state index contributed by atoms with van der Waals surface area (Å²) in [5.41, 5.74) is 0. The number of carboxylic acid groups (broad SMARTS) is 1. The minimum atomic E-state index is -3.14. The van der Waals surface area contributed by atoms with Gasteiger partial charge in [-0.1, -0.05) is 13.8 Å². The predicted molar refractivity (Wildman–Crippen MR) is 69.8 cm³/mol. The molecule has 1 atom stereocenters. The van der Waals surface area contributed by atoms with Gasteiger partial charge < -0.3 is 5.11 Å². The highest BCUT2D eigenvalue weighted by Crippen LogP contribution is 2.24. The van der Waals surface area contributed by atoms with Gasteiger partial charge in [0.15, 0.2) is 0 Å². The van der Waals surface area contributed by atoms with E-state index in [1.54, 1.807) is 0 Å². The van der Waals surface area contributed by atoms with Crippen molar-refractivity contribution < 1.29 is 18.3 Å². The predicted octanol–water partition coefficient (Wildman–Crippen LogP) is 1.55. The van der Waals surface area contributed by atoms with Crippen molar-refractivity contribution in [3.63, 3.8) is 0 Å². The van der Waals surface area contributed by atoms with Gasteiger partial charge in [-0.05, 0) is 31.1 Å². The fraction of sp³-hybridized carbons (Fsp3) is 0.917. The maximum atomic E-state index is 12.0. The Kier molecular flexibility index (Phi) is 5.59. The van der Waals surface area contributed by atoms with Crippen LogP contribution in [0, 0.1) is 11.8 Å². The first-order valence-electron chi connectivity index (χ1n) is 6.51. The molecule has 1 rings (SSSR count). The summed E-state index contributed by atoms with van der Waals surface area (Å²) in [6.07, 6.45) is 2.17. The minimum absolute atomic E-state index is 0.130. The number of sulfonamides is 1. The Morgan fingerprint density at radius 2 is 2.11 bits per heavy atom. The third kappa shape index (κ3) is 4.94. The summed E-state index contributed by atoms with van der Waals surface area (Å²) in [4.78, 5) is 10.5. The van der Waals surface area contributed by atoms with Crippen LogP contribution in [0.1, 0.15) is 39.5 Å². The molecule has 18 heavy (non-hydrogen) atoms. The minimum Gasteiger partial charge on any atom is -0.481 e. The first-order chi connectivity index (χ1) is 8.31. The number of carboxylic acids is 1. The van der Waals surface area contributed by atoms with Crippen LogP contribution in [-0.4, -0.2) is 42.6 Å². The summed E-state index contributed by atoms with van der Waals surface area (Å²) in [6.45, 7) is 5.06. The molecule has 1 saturated heterocycles. The highest BCUT2D eigenvalue weighted by molar-refractivity contribution is 7.89. The van der Waals surface area contributed by atoms with Crippen molar-refractivity contribution in [3.05, 3.63) is 0 Å². The molecule has 1 N–H and O–H groups in total. The van der Waals surface area contributed by atoms with Gasteiger partial charge in [-0.2, -0.15) is 0 Å². The lowest BCUT2D eigenvalue weighted by molar-refractivity contribution is -0.137. The third-order valence-corrected chi connectivity index (χ3v) is 5.23. The van der Waals surface area contributed by atoms with Gasteiger partial charge in [0.25, 0.3) is 0 Å². The summed E-state index contributed by atoms with van der Waals surface area (Å²) in [5.74, 6) is -0.0210. The van der Waals surface area contributed by atoms with E-state index in [1.807, 2.05) is 13.8 Å². The first kappa shape index (κ1) is 15.4. The topological polar surface area (TPSA) is 74.7 Å². The Bertz CT molecular complexity index is 378. The van der Waals surface area contributed by atoms with Crippen LogP contribution in [0.4, 0.5) is 0 Å². The standard InChI is InChI=1S/C12H23NO4S/c1-10(2)6-8-18(16,17)13-7-5-11(9-13)3-4-12(14)15/h10-11H,3-9H2,1-2H3,(H,14,15). The lowest BCUT2D eigenvalue weighted by Crippen LogP contribution is -2.31. The van der Waals surface area contributed by atoms with E-state index in [2.05, 4.69) is 0 Å². The van der Waals surface area contributed by atoms with Gasteiger partial charge in [0.1, 0.15) is 0 Å². The third-order valence-electron chi connectivity index (χ3n) is 3.36. The fourth-order valence-electron chi connectivity index (χ4n) is 2.13. The highest BCUT2D eigenvalue weighted by atomic mass is 32.2. The molecule has 1 unspecified atom stereocenters. The van der Waals surface area contributed by atoms with Gasteiger partial charge in [-0.3, -0.25) is 4.79 Å². The molecule has 0 aliphatic carbocycles. The van der Waals surface area contributed by atoms with E-state index in [-0.39, 0.29) is 18.1 Å². The van der Waals surface area contributed by atoms with Gasteiger partial charge in [-0.25, -0.2) is 12.7 Å². The SMILES string of the molecule is CC(C)CCS(=O)(=O)N1CCC(CCC(=O)O)C1. The van der Waals surface area contributed by atoms with Crippen LogP contribution in [0.3, 0.4) is 0 Å². The van der Waals surface area contributed by atoms with Crippen molar-refractivity contribution in [2.75, 3.05) is 18.8 Å². The van der Waals surface area contributed by atoms with Gasteiger partial charge >= 0.3 is 5.97 Å². The molecule has 0 aromatic carbocycles. The zero-order valence-electron chi connectivity index (χ0n) is 11.1. The fourth-order valence-corrected chi connectivity index (χ4v) is 3.98. The number of aliphatic carboxylic acids is 1. The maximum absolute atomic E-state index is 12.0. The molecule has 0 amide bonds. The molecule has 1 aliphatic rings. The number of nitrogens with zero attached hydrogens (tertiary/aromatic N) is 1. The number of hydrogen-bond donors (Lipinski definition) is 1. The second-order valence-electron chi connectivity index (χ2n) is 5.44. The van der Waals surface area contributed by atoms with Crippen LogP contribution in [0.2, 0.25) is 0 Å². The van der Waals surface area contributed by atoms with Crippen molar-refractivity contribution in [3.8, 4) is 0 Å². The Balaban J connectivity index is 2.42. The van der Waals surface area contributed by atoms with Gasteiger partial charge in [0.2, 0.25) is 10.0 Å². The zero-order chi connectivity index (χ0) is 13.8. The average molecular weight is 277 g/mol. The lowest BCUT2D eigenvalue weighted by atomic mass is 10.0. The summed E-state index contributed by atoms with van der Waals surface area (Å²) < 4.78 is 25.6. The Morgan fingerprint density at radius 3 is 2.67 bits per heavy atom. The monoisotopic (exact) mass is 277 g/mol. The Labute approximate surface area is 109 Å². The molecule has 106 valence electrons. The van der Waals surface area contributed by atoms with Gasteiger partial charge in [0.05, 0.1) is 5.75 Å². The van der Waals surface area contributed by atoms with Crippen molar-refractivity contribution in [2.45, 2.75) is 39.5 Å². The van der Waals surface area contributed by atoms with Crippen LogP contribution >= 0.6 is 0 Å². The number of rotatable bonds is 7. The molecular formula is C12H23NO4S. The summed E-state index contributed by atoms with van der Waals surface area (Å²) in [6, 6.07) is 0. The largest absolute Gasteiger partial charge is 0.481 e. The van der Waals surface area contributed by atoms with Crippen LogP contribution in [0.15, 0.2) is 0 Å². The Morgan fingerprint density at radius 1 is 1.44 bits per heavy atom. The lowest BCUT2D eigenvalue weighted by Gasteiger charge is -2.17. The first-order valence-corrected chi connectivity index (χ1v) is 8.12. The van der Waals surface area contributed by atoms with E-state index in [9.17, 15) is 13.2 Å². The molecule has 0 bridgehead atoms. The van der Waals surface area contributed by atoms with Gasteiger partial charge in [-0.15, -0.1) is 0 Å². The van der Waals surface area contributed by atoms with Crippen molar-refractivity contribution in [1.82, 2.24) is 4.31 Å². The number of hydrogen-bond acceptors (Lipinski definition) is 3. The van der Waals surface area contributed by atoms with Gasteiger partial charge in [0, 0.05) is 19.5 Å². The summed E-state index contributed by atoms with van der Waals surface area (Å²) in [7, 11) is -3.14. The van der Waals surface area contributed by atoms with Crippen molar-refractivity contribution in [2.24, 2.45) is 11.8 Å². The van der Waals surface area contributed by atoms with E-state index >= 15 is 0 Å². The number of carbonyl (C=O) groups is 1. The molecule has 0 spiro atoms. The average Bonchev–Trinajstić information content (AvgIpc) is 2.73. The molecule has 1 fully saturated rings. The van der Waals surface area contributed by atoms with E-state index < -0.39 is 16.0 Å². The quantitative estimate of drug-likeness (QED) is 0.766. The highest BCUT2D eigenvalue weighted by Gasteiger charge is 2.31. The molecule has 1 aliphatic heterocycles. The van der Waals surface area contributed by atoms with Crippen LogP contribution in [-0.2, 0) is 14.8 Å². The normalized spacial score (nSPS) is 21.6. The van der Waals surface area contributed by atoms with E-state index in [0.717, 1.165) is 6.42 Å². The van der Waals surface area contributed by atoms with Crippen LogP contribution < -0.4 is 0 Å². The molecule has 5 nitrogen and oxygen atoms in total. The van der Waals surface area contributed by atoms with E-state index in [1.165, 1.54) is 4.31 Å². The molecule has 6 heteroatoms. The Hall–Kier alpha value is -0.620. The molecule has 0 aromatic heterocycles. The molecule has 0 aromatic rings. The van der Waals surface area contributed by atoms with Crippen molar-refractivity contribution in [1.29, 1.82) is 0 Å². The van der Waals surface area contributed by atoms with Crippen molar-refractivity contribution >= 4 is 16.0 Å². The van der Waals surface area contributed by atoms with E-state index in [0.29, 0.717) is 31.8 Å². The smallest absolute Gasteiger partial charge is 0.303 e. The molecule has 0 radical (unpaired) electrons. The molecule has 1 heterocycles. The van der Waals surface area contributed by atoms with Crippen LogP contribution in [0.25, 0.3) is 0 Å². The molecular weight excluding hydrogens is 254 g/mol. The van der Waals surface area contributed by atoms with Crippen LogP contribution in [0.5, 0.6) is 0 Å².